The summed E-state index contributed by atoms with van der Waals surface area (Å²) >= 11 is 0. The van der Waals surface area contributed by atoms with Crippen LogP contribution < -0.4 is 20.9 Å². The molecular weight excluding hydrogens is 420 g/mol. The summed E-state index contributed by atoms with van der Waals surface area (Å²) in [5, 5.41) is 0.562. The van der Waals surface area contributed by atoms with Crippen molar-refractivity contribution in [2.75, 3.05) is 23.8 Å². The summed E-state index contributed by atoms with van der Waals surface area (Å²) in [7, 11) is 0. The number of nitrogens with zero attached hydrogens (tertiary/aromatic N) is 5. The lowest BCUT2D eigenvalue weighted by molar-refractivity contribution is 0.0990. The molecule has 9 nitrogen and oxygen atoms in total. The van der Waals surface area contributed by atoms with E-state index in [0.29, 0.717) is 30.7 Å². The number of benzene rings is 2. The van der Waals surface area contributed by atoms with Crippen molar-refractivity contribution in [3.05, 3.63) is 76.3 Å². The van der Waals surface area contributed by atoms with Gasteiger partial charge >= 0.3 is 0 Å². The molecule has 1 aliphatic rings. The number of ether oxygens (including phenoxy) is 1. The molecule has 0 aliphatic carbocycles. The first-order valence-electron chi connectivity index (χ1n) is 10.9. The van der Waals surface area contributed by atoms with Gasteiger partial charge in [0.1, 0.15) is 24.3 Å². The Hall–Kier alpha value is -4.14. The summed E-state index contributed by atoms with van der Waals surface area (Å²) in [5.74, 6) is -0.106. The monoisotopic (exact) mass is 444 g/mol. The predicted octanol–water partition coefficient (Wildman–Crippen LogP) is 2.67. The Balaban J connectivity index is 1.60. The van der Waals surface area contributed by atoms with Crippen molar-refractivity contribution in [1.82, 2.24) is 19.3 Å². The van der Waals surface area contributed by atoms with Crippen molar-refractivity contribution in [2.24, 2.45) is 0 Å². The average molecular weight is 444 g/mol. The molecule has 0 fully saturated rings. The molecule has 2 N–H and O–H groups in total. The highest BCUT2D eigenvalue weighted by Gasteiger charge is 2.29. The first-order valence-corrected chi connectivity index (χ1v) is 10.9. The molecule has 9 heteroatoms. The minimum atomic E-state index is -0.349. The smallest absolute Gasteiger partial charge is 0.274 e. The third-order valence-electron chi connectivity index (χ3n) is 5.79. The Bertz CT molecular complexity index is 1390. The number of carbonyl (C=O) groups is 1. The molecule has 168 valence electrons. The second-order valence-electron chi connectivity index (χ2n) is 7.92. The fraction of sp³-hybridized carbons (Fsp3) is 0.250. The van der Waals surface area contributed by atoms with Gasteiger partial charge in [0.25, 0.3) is 11.5 Å². The van der Waals surface area contributed by atoms with E-state index in [4.69, 9.17) is 10.5 Å². The summed E-state index contributed by atoms with van der Waals surface area (Å²) in [4.78, 5) is 36.3. The van der Waals surface area contributed by atoms with Crippen LogP contribution in [-0.2, 0) is 13.1 Å². The zero-order chi connectivity index (χ0) is 22.9. The summed E-state index contributed by atoms with van der Waals surface area (Å²) in [6, 6.07) is 15.4. The third kappa shape index (κ3) is 3.61. The first kappa shape index (κ1) is 20.7. The molecule has 0 radical (unpaired) electrons. The van der Waals surface area contributed by atoms with Gasteiger partial charge in [0, 0.05) is 12.2 Å². The van der Waals surface area contributed by atoms with E-state index >= 15 is 0 Å². The molecular formula is C24H24N6O3. The maximum Gasteiger partial charge on any atom is 0.274 e. The number of hydrogen-bond donors (Lipinski definition) is 1. The van der Waals surface area contributed by atoms with Crippen molar-refractivity contribution >= 4 is 28.3 Å². The Morgan fingerprint density at radius 2 is 1.88 bits per heavy atom. The SMILES string of the molecule is CCCn1c2ccc(N3CCOc4ncnc(N)c4C3=O)cc2c(=O)n1Cc1ccccc1. The van der Waals surface area contributed by atoms with E-state index in [2.05, 4.69) is 16.9 Å². The van der Waals surface area contributed by atoms with E-state index in [0.717, 1.165) is 17.5 Å². The van der Waals surface area contributed by atoms with Crippen molar-refractivity contribution in [2.45, 2.75) is 26.4 Å². The number of carbonyl (C=O) groups excluding carboxylic acids is 1. The van der Waals surface area contributed by atoms with Crippen LogP contribution >= 0.6 is 0 Å². The molecule has 5 rings (SSSR count). The lowest BCUT2D eigenvalue weighted by Crippen LogP contribution is -2.32. The zero-order valence-electron chi connectivity index (χ0n) is 18.3. The largest absolute Gasteiger partial charge is 0.475 e. The van der Waals surface area contributed by atoms with Crippen molar-refractivity contribution in [1.29, 1.82) is 0 Å². The number of hydrogen-bond acceptors (Lipinski definition) is 6. The van der Waals surface area contributed by atoms with Crippen LogP contribution in [0.4, 0.5) is 11.5 Å². The fourth-order valence-corrected chi connectivity index (χ4v) is 4.24. The average Bonchev–Trinajstić information content (AvgIpc) is 2.96. The van der Waals surface area contributed by atoms with Gasteiger partial charge in [0.05, 0.1) is 24.0 Å². The maximum absolute atomic E-state index is 13.4. The molecule has 3 heterocycles. The van der Waals surface area contributed by atoms with E-state index in [-0.39, 0.29) is 35.3 Å². The number of fused-ring (bicyclic) bond motifs is 2. The number of amides is 1. The van der Waals surface area contributed by atoms with Crippen molar-refractivity contribution in [3.8, 4) is 5.88 Å². The molecule has 0 atom stereocenters. The van der Waals surface area contributed by atoms with Crippen molar-refractivity contribution < 1.29 is 9.53 Å². The molecule has 33 heavy (non-hydrogen) atoms. The molecule has 2 aromatic carbocycles. The van der Waals surface area contributed by atoms with Gasteiger partial charge in [-0.15, -0.1) is 0 Å². The summed E-state index contributed by atoms with van der Waals surface area (Å²) in [6.45, 7) is 3.82. The molecule has 1 aliphatic heterocycles. The van der Waals surface area contributed by atoms with E-state index in [9.17, 15) is 9.59 Å². The number of aromatic nitrogens is 4. The molecule has 2 aromatic heterocycles. The number of nitrogen functional groups attached to an aromatic ring is 1. The minimum Gasteiger partial charge on any atom is -0.475 e. The Morgan fingerprint density at radius 3 is 2.67 bits per heavy atom. The highest BCUT2D eigenvalue weighted by atomic mass is 16.5. The summed E-state index contributed by atoms with van der Waals surface area (Å²) < 4.78 is 9.40. The van der Waals surface area contributed by atoms with Crippen LogP contribution in [0.1, 0.15) is 29.3 Å². The topological polar surface area (TPSA) is 108 Å². The Labute approximate surface area is 190 Å². The van der Waals surface area contributed by atoms with Gasteiger partial charge in [-0.1, -0.05) is 37.3 Å². The molecule has 0 spiro atoms. The highest BCUT2D eigenvalue weighted by Crippen LogP contribution is 2.29. The maximum atomic E-state index is 13.4. The second-order valence-corrected chi connectivity index (χ2v) is 7.92. The van der Waals surface area contributed by atoms with Gasteiger partial charge in [-0.05, 0) is 30.2 Å². The molecule has 1 amide bonds. The second kappa shape index (κ2) is 8.42. The van der Waals surface area contributed by atoms with Gasteiger partial charge < -0.3 is 15.4 Å². The standard InChI is InChI=1S/C24H24N6O3/c1-2-10-29-19-9-8-17(13-18(19)23(31)30(29)14-16-6-4-3-5-7-16)28-11-12-33-22-20(24(28)32)21(25)26-15-27-22/h3-9,13,15H,2,10-12,14H2,1H3,(H2,25,26,27). The van der Waals surface area contributed by atoms with Crippen LogP contribution in [-0.4, -0.2) is 38.4 Å². The van der Waals surface area contributed by atoms with Gasteiger partial charge in [-0.2, -0.15) is 0 Å². The van der Waals surface area contributed by atoms with Gasteiger partial charge in [0.2, 0.25) is 5.88 Å². The van der Waals surface area contributed by atoms with Gasteiger partial charge in [-0.25, -0.2) is 14.6 Å². The van der Waals surface area contributed by atoms with Crippen LogP contribution in [0.5, 0.6) is 5.88 Å². The van der Waals surface area contributed by atoms with Crippen LogP contribution in [0.15, 0.2) is 59.7 Å². The third-order valence-corrected chi connectivity index (χ3v) is 5.79. The minimum absolute atomic E-state index is 0.0669. The fourth-order valence-electron chi connectivity index (χ4n) is 4.24. The summed E-state index contributed by atoms with van der Waals surface area (Å²) in [6.07, 6.45) is 2.16. The molecule has 0 bridgehead atoms. The van der Waals surface area contributed by atoms with Crippen LogP contribution in [0, 0.1) is 0 Å². The van der Waals surface area contributed by atoms with Crippen LogP contribution in [0.2, 0.25) is 0 Å². The van der Waals surface area contributed by atoms with E-state index in [1.165, 1.54) is 6.33 Å². The van der Waals surface area contributed by atoms with Crippen molar-refractivity contribution in [3.63, 3.8) is 0 Å². The quantitative estimate of drug-likeness (QED) is 0.507. The van der Waals surface area contributed by atoms with Crippen LogP contribution in [0.3, 0.4) is 0 Å². The van der Waals surface area contributed by atoms with Gasteiger partial charge in [0.15, 0.2) is 0 Å². The lowest BCUT2D eigenvalue weighted by atomic mass is 10.2. The van der Waals surface area contributed by atoms with Gasteiger partial charge in [-0.3, -0.25) is 14.3 Å². The van der Waals surface area contributed by atoms with E-state index < -0.39 is 0 Å². The molecule has 0 saturated heterocycles. The van der Waals surface area contributed by atoms with E-state index in [1.807, 2.05) is 47.1 Å². The summed E-state index contributed by atoms with van der Waals surface area (Å²) in [5.41, 5.74) is 8.48. The van der Waals surface area contributed by atoms with E-state index in [1.54, 1.807) is 15.6 Å². The predicted molar refractivity (Wildman–Crippen MR) is 126 cm³/mol. The number of aryl methyl sites for hydroxylation is 1. The van der Waals surface area contributed by atoms with Crippen LogP contribution in [0.25, 0.3) is 10.9 Å². The number of rotatable bonds is 5. The molecule has 4 aromatic rings. The first-order chi connectivity index (χ1) is 16.1. The number of anilines is 2. The Morgan fingerprint density at radius 1 is 1.06 bits per heavy atom. The molecule has 0 saturated carbocycles. The normalized spacial score (nSPS) is 13.6. The zero-order valence-corrected chi connectivity index (χ0v) is 18.3. The lowest BCUT2D eigenvalue weighted by Gasteiger charge is -2.20. The highest BCUT2D eigenvalue weighted by molar-refractivity contribution is 6.11. The Kier molecular flexibility index (Phi) is 5.29. The molecule has 0 unspecified atom stereocenters. The number of nitrogens with two attached hydrogens (primary N) is 1.